The van der Waals surface area contributed by atoms with Crippen molar-refractivity contribution in [3.05, 3.63) is 45.7 Å². The van der Waals surface area contributed by atoms with E-state index in [-0.39, 0.29) is 35.5 Å². The Morgan fingerprint density at radius 1 is 1.21 bits per heavy atom. The van der Waals surface area contributed by atoms with Gasteiger partial charge in [0.25, 0.3) is 5.91 Å². The topological polar surface area (TPSA) is 77.4 Å². The van der Waals surface area contributed by atoms with E-state index in [0.29, 0.717) is 0 Å². The van der Waals surface area contributed by atoms with Crippen LogP contribution < -0.4 is 10.7 Å². The molecule has 1 atom stereocenters. The summed E-state index contributed by atoms with van der Waals surface area (Å²) in [6.07, 6.45) is -3.34. The minimum absolute atomic E-state index is 0.00951. The number of carbonyl (C=O) groups excluding carboxylic acids is 2. The number of aromatic nitrogens is 1. The molecule has 0 aliphatic heterocycles. The first-order chi connectivity index (χ1) is 13.5. The zero-order chi connectivity index (χ0) is 21.9. The molecule has 1 N–H and O–H groups in total. The second-order valence-corrected chi connectivity index (χ2v) is 6.83. The Balaban J connectivity index is 2.53. The Labute approximate surface area is 165 Å². The summed E-state index contributed by atoms with van der Waals surface area (Å²) in [5, 5.41) is 2.49. The van der Waals surface area contributed by atoms with E-state index < -0.39 is 35.1 Å². The van der Waals surface area contributed by atoms with Crippen molar-refractivity contribution in [1.29, 1.82) is 0 Å². The van der Waals surface area contributed by atoms with Crippen molar-refractivity contribution in [1.82, 2.24) is 9.88 Å². The van der Waals surface area contributed by atoms with Crippen LogP contribution in [-0.4, -0.2) is 29.1 Å². The average molecular weight is 412 g/mol. The van der Waals surface area contributed by atoms with Gasteiger partial charge in [-0.25, -0.2) is 4.79 Å². The van der Waals surface area contributed by atoms with Crippen LogP contribution in [0, 0.1) is 5.92 Å². The Bertz CT molecular complexity index is 980. The van der Waals surface area contributed by atoms with Gasteiger partial charge in [-0.15, -0.1) is 0 Å². The average Bonchev–Trinajstić information content (AvgIpc) is 2.65. The number of carbonyl (C=O) groups is 2. The quantitative estimate of drug-likeness (QED) is 0.738. The monoisotopic (exact) mass is 412 g/mol. The molecule has 2 aromatic rings. The van der Waals surface area contributed by atoms with E-state index in [4.69, 9.17) is 4.74 Å². The van der Waals surface area contributed by atoms with Crippen molar-refractivity contribution in [2.75, 3.05) is 6.61 Å². The SMILES string of the molecule is CCOC(=O)[C@@H](NC(=O)c1cn(CC)c2cc(C(F)(F)F)ccc2c1=O)C(C)C. The predicted octanol–water partition coefficient (Wildman–Crippen LogP) is 3.36. The van der Waals surface area contributed by atoms with E-state index in [2.05, 4.69) is 5.32 Å². The number of hydrogen-bond acceptors (Lipinski definition) is 4. The minimum Gasteiger partial charge on any atom is -0.464 e. The highest BCUT2D eigenvalue weighted by atomic mass is 19.4. The predicted molar refractivity (Wildman–Crippen MR) is 102 cm³/mol. The fourth-order valence-electron chi connectivity index (χ4n) is 2.94. The molecule has 0 aliphatic carbocycles. The molecule has 1 aromatic heterocycles. The van der Waals surface area contributed by atoms with Gasteiger partial charge >= 0.3 is 12.1 Å². The molecule has 0 saturated carbocycles. The summed E-state index contributed by atoms with van der Waals surface area (Å²) in [7, 11) is 0. The van der Waals surface area contributed by atoms with E-state index in [1.165, 1.54) is 10.8 Å². The van der Waals surface area contributed by atoms with Crippen LogP contribution in [-0.2, 0) is 22.3 Å². The summed E-state index contributed by atoms with van der Waals surface area (Å²) < 4.78 is 45.4. The molecular formula is C20H23F3N2O4. The van der Waals surface area contributed by atoms with Crippen LogP contribution in [0.4, 0.5) is 13.2 Å². The molecule has 1 amide bonds. The molecule has 1 heterocycles. The van der Waals surface area contributed by atoms with Gasteiger partial charge in [0.2, 0.25) is 5.43 Å². The zero-order valence-corrected chi connectivity index (χ0v) is 16.6. The number of alkyl halides is 3. The van der Waals surface area contributed by atoms with E-state index in [1.807, 2.05) is 0 Å². The molecule has 0 bridgehead atoms. The van der Waals surface area contributed by atoms with Gasteiger partial charge in [-0.05, 0) is 38.0 Å². The van der Waals surface area contributed by atoms with Gasteiger partial charge in [-0.2, -0.15) is 13.2 Å². The number of nitrogens with one attached hydrogen (secondary N) is 1. The van der Waals surface area contributed by atoms with Gasteiger partial charge in [0.15, 0.2) is 0 Å². The number of nitrogens with zero attached hydrogens (tertiary/aromatic N) is 1. The molecule has 29 heavy (non-hydrogen) atoms. The second-order valence-electron chi connectivity index (χ2n) is 6.83. The largest absolute Gasteiger partial charge is 0.464 e. The lowest BCUT2D eigenvalue weighted by Crippen LogP contribution is -2.46. The summed E-state index contributed by atoms with van der Waals surface area (Å²) in [5.41, 5.74) is -1.77. The molecule has 158 valence electrons. The summed E-state index contributed by atoms with van der Waals surface area (Å²) >= 11 is 0. The van der Waals surface area contributed by atoms with Crippen molar-refractivity contribution >= 4 is 22.8 Å². The van der Waals surface area contributed by atoms with Crippen molar-refractivity contribution in [3.63, 3.8) is 0 Å². The highest BCUT2D eigenvalue weighted by Crippen LogP contribution is 2.31. The third-order valence-corrected chi connectivity index (χ3v) is 4.49. The molecule has 0 spiro atoms. The lowest BCUT2D eigenvalue weighted by molar-refractivity contribution is -0.146. The van der Waals surface area contributed by atoms with Gasteiger partial charge in [0, 0.05) is 18.1 Å². The second kappa shape index (κ2) is 8.67. The molecule has 0 aliphatic rings. The van der Waals surface area contributed by atoms with Gasteiger partial charge in [-0.1, -0.05) is 13.8 Å². The van der Waals surface area contributed by atoms with Gasteiger partial charge in [0.05, 0.1) is 17.7 Å². The number of aryl methyl sites for hydroxylation is 1. The third kappa shape index (κ3) is 4.78. The molecule has 6 nitrogen and oxygen atoms in total. The molecule has 2 rings (SSSR count). The normalized spacial score (nSPS) is 12.8. The van der Waals surface area contributed by atoms with E-state index in [0.717, 1.165) is 18.2 Å². The van der Waals surface area contributed by atoms with Gasteiger partial charge in [0.1, 0.15) is 11.6 Å². The number of benzene rings is 1. The fraction of sp³-hybridized carbons (Fsp3) is 0.450. The van der Waals surface area contributed by atoms with Crippen LogP contribution in [0.15, 0.2) is 29.2 Å². The maximum Gasteiger partial charge on any atom is 0.416 e. The number of hydrogen-bond donors (Lipinski definition) is 1. The highest BCUT2D eigenvalue weighted by molar-refractivity contribution is 5.99. The van der Waals surface area contributed by atoms with Gasteiger partial charge < -0.3 is 14.6 Å². The van der Waals surface area contributed by atoms with Crippen LogP contribution in [0.2, 0.25) is 0 Å². The lowest BCUT2D eigenvalue weighted by Gasteiger charge is -2.21. The standard InChI is InChI=1S/C20H23F3N2O4/c1-5-25-10-14(18(27)24-16(11(3)4)19(28)29-6-2)17(26)13-8-7-12(9-15(13)25)20(21,22)23/h7-11,16H,5-6H2,1-4H3,(H,24,27)/t16-/m0/s1. The Morgan fingerprint density at radius 3 is 2.38 bits per heavy atom. The summed E-state index contributed by atoms with van der Waals surface area (Å²) in [6, 6.07) is 1.80. The number of halogens is 3. The summed E-state index contributed by atoms with van der Waals surface area (Å²) in [6.45, 7) is 7.12. The molecule has 9 heteroatoms. The van der Waals surface area contributed by atoms with E-state index >= 15 is 0 Å². The fourth-order valence-corrected chi connectivity index (χ4v) is 2.94. The van der Waals surface area contributed by atoms with Crippen molar-refractivity contribution < 1.29 is 27.5 Å². The first-order valence-corrected chi connectivity index (χ1v) is 9.23. The molecular weight excluding hydrogens is 389 g/mol. The molecule has 0 saturated heterocycles. The van der Waals surface area contributed by atoms with Crippen LogP contribution in [0.25, 0.3) is 10.9 Å². The summed E-state index contributed by atoms with van der Waals surface area (Å²) in [5.74, 6) is -1.70. The van der Waals surface area contributed by atoms with E-state index in [1.54, 1.807) is 27.7 Å². The number of amides is 1. The van der Waals surface area contributed by atoms with Crippen LogP contribution in [0.5, 0.6) is 0 Å². The van der Waals surface area contributed by atoms with Crippen molar-refractivity contribution in [3.8, 4) is 0 Å². The Kier molecular flexibility index (Phi) is 6.71. The highest BCUT2D eigenvalue weighted by Gasteiger charge is 2.31. The van der Waals surface area contributed by atoms with Crippen molar-refractivity contribution in [2.45, 2.75) is 46.5 Å². The van der Waals surface area contributed by atoms with E-state index in [9.17, 15) is 27.6 Å². The Morgan fingerprint density at radius 2 is 1.86 bits per heavy atom. The first kappa shape index (κ1) is 22.4. The number of rotatable bonds is 6. The third-order valence-electron chi connectivity index (χ3n) is 4.49. The number of ether oxygens (including phenoxy) is 1. The Hall–Kier alpha value is -2.84. The lowest BCUT2D eigenvalue weighted by atomic mass is 10.0. The van der Waals surface area contributed by atoms with Crippen LogP contribution in [0.1, 0.15) is 43.6 Å². The molecule has 0 radical (unpaired) electrons. The van der Waals surface area contributed by atoms with Crippen LogP contribution in [0.3, 0.4) is 0 Å². The van der Waals surface area contributed by atoms with Crippen LogP contribution >= 0.6 is 0 Å². The maximum atomic E-state index is 13.0. The van der Waals surface area contributed by atoms with Crippen molar-refractivity contribution in [2.24, 2.45) is 5.92 Å². The molecule has 1 aromatic carbocycles. The smallest absolute Gasteiger partial charge is 0.416 e. The number of esters is 1. The molecule has 0 fully saturated rings. The maximum absolute atomic E-state index is 13.0. The minimum atomic E-state index is -4.55. The first-order valence-electron chi connectivity index (χ1n) is 9.23. The summed E-state index contributed by atoms with van der Waals surface area (Å²) in [4.78, 5) is 37.6. The number of fused-ring (bicyclic) bond motifs is 1. The molecule has 0 unspecified atom stereocenters. The van der Waals surface area contributed by atoms with Gasteiger partial charge in [-0.3, -0.25) is 9.59 Å². The zero-order valence-electron chi connectivity index (χ0n) is 16.6. The number of pyridine rings is 1.